The lowest BCUT2D eigenvalue weighted by Crippen LogP contribution is -2.29. The van der Waals surface area contributed by atoms with Crippen molar-refractivity contribution in [2.75, 3.05) is 18.6 Å². The zero-order valence-corrected chi connectivity index (χ0v) is 21.2. The molecule has 0 spiro atoms. The highest BCUT2D eigenvalue weighted by Crippen LogP contribution is 2.43. The van der Waals surface area contributed by atoms with Gasteiger partial charge in [-0.2, -0.15) is 0 Å². The minimum absolute atomic E-state index is 0.0546. The van der Waals surface area contributed by atoms with Crippen LogP contribution in [-0.4, -0.2) is 30.5 Å². The van der Waals surface area contributed by atoms with Gasteiger partial charge in [-0.05, 0) is 73.4 Å². The zero-order chi connectivity index (χ0) is 26.0. The summed E-state index contributed by atoms with van der Waals surface area (Å²) in [5.74, 6) is 0.0996. The van der Waals surface area contributed by atoms with Gasteiger partial charge in [-0.25, -0.2) is 0 Å². The maximum Gasteiger partial charge on any atom is 0.300 e. The Kier molecular flexibility index (Phi) is 7.15. The number of nitrogens with zero attached hydrogens (tertiary/aromatic N) is 1. The number of Topliss-reactive ketones (excluding diaryl/α,β-unsaturated/α-hetero) is 1. The molecule has 3 aromatic carbocycles. The number of anilines is 1. The second-order valence-electron chi connectivity index (χ2n) is 9.46. The first-order valence-electron chi connectivity index (χ1n) is 12.0. The maximum atomic E-state index is 13.4. The molecule has 186 valence electrons. The lowest BCUT2D eigenvalue weighted by molar-refractivity contribution is -0.132. The van der Waals surface area contributed by atoms with Crippen LogP contribution in [0.3, 0.4) is 0 Å². The molecule has 1 N–H and O–H groups in total. The quantitative estimate of drug-likeness (QED) is 0.253. The molecule has 1 fully saturated rings. The van der Waals surface area contributed by atoms with Gasteiger partial charge in [0.1, 0.15) is 17.3 Å². The van der Waals surface area contributed by atoms with E-state index >= 15 is 0 Å². The molecule has 1 aliphatic heterocycles. The van der Waals surface area contributed by atoms with Crippen LogP contribution in [0, 0.1) is 19.8 Å². The first kappa shape index (κ1) is 25.0. The van der Waals surface area contributed by atoms with Gasteiger partial charge in [0.15, 0.2) is 0 Å². The summed E-state index contributed by atoms with van der Waals surface area (Å²) in [4.78, 5) is 28.2. The third-order valence-electron chi connectivity index (χ3n) is 6.22. The molecule has 3 aromatic rings. The number of carbonyl (C=O) groups is 2. The number of benzene rings is 3. The number of hydrogen-bond donors (Lipinski definition) is 1. The van der Waals surface area contributed by atoms with Gasteiger partial charge in [0.05, 0.1) is 25.3 Å². The van der Waals surface area contributed by atoms with Gasteiger partial charge in [0, 0.05) is 11.3 Å². The van der Waals surface area contributed by atoms with Crippen LogP contribution in [0.25, 0.3) is 5.76 Å². The van der Waals surface area contributed by atoms with Crippen molar-refractivity contribution < 1.29 is 24.2 Å². The number of ketones is 1. The van der Waals surface area contributed by atoms with E-state index in [-0.39, 0.29) is 11.3 Å². The van der Waals surface area contributed by atoms with E-state index in [1.807, 2.05) is 32.0 Å². The number of aliphatic hydroxyl groups is 1. The number of methoxy groups -OCH3 is 1. The van der Waals surface area contributed by atoms with E-state index in [0.717, 1.165) is 11.1 Å². The van der Waals surface area contributed by atoms with Crippen LogP contribution in [-0.2, 0) is 9.59 Å². The normalized spacial score (nSPS) is 17.1. The molecule has 1 heterocycles. The van der Waals surface area contributed by atoms with Gasteiger partial charge in [-0.3, -0.25) is 14.5 Å². The monoisotopic (exact) mass is 485 g/mol. The molecule has 0 radical (unpaired) electrons. The highest BCUT2D eigenvalue weighted by molar-refractivity contribution is 6.51. The molecule has 0 aromatic heterocycles. The van der Waals surface area contributed by atoms with Crippen LogP contribution in [0.5, 0.6) is 11.5 Å². The number of ether oxygens (including phenoxy) is 2. The van der Waals surface area contributed by atoms with Crippen LogP contribution >= 0.6 is 0 Å². The topological polar surface area (TPSA) is 76.1 Å². The minimum Gasteiger partial charge on any atom is -0.507 e. The second kappa shape index (κ2) is 10.3. The molecule has 1 saturated heterocycles. The van der Waals surface area contributed by atoms with Gasteiger partial charge < -0.3 is 14.6 Å². The number of rotatable bonds is 7. The molecule has 6 nitrogen and oxygen atoms in total. The lowest BCUT2D eigenvalue weighted by atomic mass is 9.93. The lowest BCUT2D eigenvalue weighted by Gasteiger charge is -2.26. The smallest absolute Gasteiger partial charge is 0.300 e. The number of carbonyl (C=O) groups excluding carboxylic acids is 2. The van der Waals surface area contributed by atoms with Gasteiger partial charge >= 0.3 is 0 Å². The van der Waals surface area contributed by atoms with Crippen molar-refractivity contribution >= 4 is 23.1 Å². The predicted octanol–water partition coefficient (Wildman–Crippen LogP) is 5.97. The van der Waals surface area contributed by atoms with Crippen LogP contribution in [0.15, 0.2) is 72.3 Å². The highest BCUT2D eigenvalue weighted by Gasteiger charge is 2.47. The van der Waals surface area contributed by atoms with Gasteiger partial charge in [-0.15, -0.1) is 0 Å². The van der Waals surface area contributed by atoms with Crippen LogP contribution in [0.4, 0.5) is 5.69 Å². The van der Waals surface area contributed by atoms with E-state index in [9.17, 15) is 14.7 Å². The Morgan fingerprint density at radius 2 is 1.58 bits per heavy atom. The summed E-state index contributed by atoms with van der Waals surface area (Å²) in [7, 11) is 1.57. The van der Waals surface area contributed by atoms with Gasteiger partial charge in [0.2, 0.25) is 0 Å². The molecular weight excluding hydrogens is 454 g/mol. The van der Waals surface area contributed by atoms with Crippen molar-refractivity contribution in [3.05, 3.63) is 94.6 Å². The maximum absolute atomic E-state index is 13.4. The van der Waals surface area contributed by atoms with Crippen molar-refractivity contribution in [1.29, 1.82) is 0 Å². The van der Waals surface area contributed by atoms with E-state index in [2.05, 4.69) is 13.8 Å². The summed E-state index contributed by atoms with van der Waals surface area (Å²) in [6.45, 7) is 8.49. The second-order valence-corrected chi connectivity index (χ2v) is 9.46. The van der Waals surface area contributed by atoms with E-state index < -0.39 is 17.7 Å². The molecular formula is C30H31NO5. The molecule has 1 unspecified atom stereocenters. The average molecular weight is 486 g/mol. The Bertz CT molecular complexity index is 1310. The predicted molar refractivity (Wildman–Crippen MR) is 140 cm³/mol. The Morgan fingerprint density at radius 3 is 2.19 bits per heavy atom. The fourth-order valence-electron chi connectivity index (χ4n) is 4.30. The molecule has 36 heavy (non-hydrogen) atoms. The van der Waals surface area contributed by atoms with Crippen LogP contribution < -0.4 is 14.4 Å². The third kappa shape index (κ3) is 4.85. The van der Waals surface area contributed by atoms with E-state index in [0.29, 0.717) is 40.8 Å². The number of amides is 1. The molecule has 1 aliphatic rings. The van der Waals surface area contributed by atoms with Gasteiger partial charge in [0.25, 0.3) is 11.7 Å². The summed E-state index contributed by atoms with van der Waals surface area (Å²) < 4.78 is 11.1. The average Bonchev–Trinajstić information content (AvgIpc) is 3.14. The summed E-state index contributed by atoms with van der Waals surface area (Å²) in [6, 6.07) is 19.1. The molecule has 0 bridgehead atoms. The molecule has 1 amide bonds. The fourth-order valence-corrected chi connectivity index (χ4v) is 4.30. The van der Waals surface area contributed by atoms with Crippen LogP contribution in [0.2, 0.25) is 0 Å². The Balaban J connectivity index is 1.85. The molecule has 4 rings (SSSR count). The third-order valence-corrected chi connectivity index (χ3v) is 6.22. The zero-order valence-electron chi connectivity index (χ0n) is 21.2. The summed E-state index contributed by atoms with van der Waals surface area (Å²) in [5, 5.41) is 11.4. The van der Waals surface area contributed by atoms with E-state index in [4.69, 9.17) is 9.47 Å². The summed E-state index contributed by atoms with van der Waals surface area (Å²) in [6.07, 6.45) is 0. The number of aryl methyl sites for hydroxylation is 2. The van der Waals surface area contributed by atoms with Crippen molar-refractivity contribution in [2.24, 2.45) is 5.92 Å². The van der Waals surface area contributed by atoms with Crippen molar-refractivity contribution in [3.63, 3.8) is 0 Å². The Morgan fingerprint density at radius 1 is 0.944 bits per heavy atom. The SMILES string of the molecule is COc1ccc(C2/C(=C(\O)c3cc(C)ccc3C)C(=O)C(=O)N2c2ccc(OCC(C)C)cc2)cc1. The first-order chi connectivity index (χ1) is 17.2. The van der Waals surface area contributed by atoms with Crippen LogP contribution in [0.1, 0.15) is 42.1 Å². The van der Waals surface area contributed by atoms with Crippen molar-refractivity contribution in [1.82, 2.24) is 0 Å². The standard InChI is InChI=1S/C30H31NO5/c1-18(2)17-36-24-14-10-22(11-15-24)31-27(21-8-12-23(35-5)13-9-21)26(29(33)30(31)34)28(32)25-16-19(3)6-7-20(25)4/h6-16,18,27,32H,17H2,1-5H3/b28-26+. The number of aliphatic hydroxyl groups excluding tert-OH is 1. The largest absolute Gasteiger partial charge is 0.507 e. The Labute approximate surface area is 211 Å². The summed E-state index contributed by atoms with van der Waals surface area (Å²) in [5.41, 5.74) is 3.55. The van der Waals surface area contributed by atoms with Crippen molar-refractivity contribution in [3.8, 4) is 11.5 Å². The summed E-state index contributed by atoms with van der Waals surface area (Å²) >= 11 is 0. The first-order valence-corrected chi connectivity index (χ1v) is 12.0. The molecule has 0 aliphatic carbocycles. The molecule has 1 atom stereocenters. The van der Waals surface area contributed by atoms with Crippen molar-refractivity contribution in [2.45, 2.75) is 33.7 Å². The van der Waals surface area contributed by atoms with E-state index in [1.165, 1.54) is 4.90 Å². The number of hydrogen-bond acceptors (Lipinski definition) is 5. The van der Waals surface area contributed by atoms with Gasteiger partial charge in [-0.1, -0.05) is 43.7 Å². The van der Waals surface area contributed by atoms with E-state index in [1.54, 1.807) is 55.6 Å². The Hall–Kier alpha value is -4.06. The minimum atomic E-state index is -0.807. The fraction of sp³-hybridized carbons (Fsp3) is 0.267. The highest BCUT2D eigenvalue weighted by atomic mass is 16.5. The molecule has 0 saturated carbocycles. The molecule has 6 heteroatoms.